The summed E-state index contributed by atoms with van der Waals surface area (Å²) in [6.07, 6.45) is 1.38. The number of hydrogen-bond donors (Lipinski definition) is 1. The number of benzene rings is 1. The molecule has 1 aliphatic rings. The molecule has 1 aromatic rings. The first-order chi connectivity index (χ1) is 10.0. The first-order valence-corrected chi connectivity index (χ1v) is 8.26. The maximum Gasteiger partial charge on any atom is 0.308 e. The van der Waals surface area contributed by atoms with Crippen molar-refractivity contribution < 1.29 is 14.7 Å². The molecule has 1 saturated heterocycles. The van der Waals surface area contributed by atoms with Crippen molar-refractivity contribution in [3.05, 3.63) is 29.3 Å². The second-order valence-electron chi connectivity index (χ2n) is 5.13. The van der Waals surface area contributed by atoms with Crippen LogP contribution in [0.4, 0.5) is 0 Å². The van der Waals surface area contributed by atoms with Crippen molar-refractivity contribution in [2.24, 2.45) is 5.92 Å². The smallest absolute Gasteiger partial charge is 0.308 e. The minimum atomic E-state index is -0.821. The van der Waals surface area contributed by atoms with Gasteiger partial charge < -0.3 is 10.0 Å². The van der Waals surface area contributed by atoms with Crippen LogP contribution in [0.25, 0.3) is 0 Å². The Bertz CT molecular complexity index is 537. The van der Waals surface area contributed by atoms with E-state index >= 15 is 0 Å². The number of carboxylic acids is 1. The summed E-state index contributed by atoms with van der Waals surface area (Å²) in [6, 6.07) is 7.13. The maximum atomic E-state index is 12.3. The van der Waals surface area contributed by atoms with Crippen molar-refractivity contribution in [2.75, 3.05) is 12.3 Å². The Morgan fingerprint density at radius 1 is 1.43 bits per heavy atom. The lowest BCUT2D eigenvalue weighted by Gasteiger charge is -2.37. The molecular formula is C15H18ClNO3S. The molecule has 1 heterocycles. The third-order valence-corrected chi connectivity index (χ3v) is 5.31. The van der Waals surface area contributed by atoms with E-state index in [9.17, 15) is 14.7 Å². The van der Waals surface area contributed by atoms with Crippen molar-refractivity contribution in [3.8, 4) is 0 Å². The lowest BCUT2D eigenvalue weighted by molar-refractivity contribution is -0.148. The summed E-state index contributed by atoms with van der Waals surface area (Å²) in [5.74, 6) is -1.04. The van der Waals surface area contributed by atoms with Gasteiger partial charge in [0.25, 0.3) is 0 Å². The van der Waals surface area contributed by atoms with Gasteiger partial charge in [-0.25, -0.2) is 0 Å². The number of carbonyl (C=O) groups excluding carboxylic acids is 1. The number of aliphatic carboxylic acids is 1. The van der Waals surface area contributed by atoms with Gasteiger partial charge in [-0.05, 0) is 31.9 Å². The highest BCUT2D eigenvalue weighted by Gasteiger charge is 2.35. The molecule has 0 saturated carbocycles. The van der Waals surface area contributed by atoms with Gasteiger partial charge in [0, 0.05) is 17.5 Å². The molecule has 1 aliphatic heterocycles. The van der Waals surface area contributed by atoms with Crippen LogP contribution < -0.4 is 0 Å². The summed E-state index contributed by atoms with van der Waals surface area (Å²) in [7, 11) is 0. The van der Waals surface area contributed by atoms with Crippen molar-refractivity contribution >= 4 is 35.2 Å². The number of halogens is 1. The summed E-state index contributed by atoms with van der Waals surface area (Å²) >= 11 is 7.45. The third-order valence-electron chi connectivity index (χ3n) is 3.81. The van der Waals surface area contributed by atoms with E-state index in [4.69, 9.17) is 11.6 Å². The maximum absolute atomic E-state index is 12.3. The van der Waals surface area contributed by atoms with Gasteiger partial charge in [-0.2, -0.15) is 0 Å². The monoisotopic (exact) mass is 327 g/mol. The number of carbonyl (C=O) groups is 2. The molecule has 1 aromatic carbocycles. The fraction of sp³-hybridized carbons (Fsp3) is 0.467. The van der Waals surface area contributed by atoms with Crippen LogP contribution in [0.1, 0.15) is 19.8 Å². The van der Waals surface area contributed by atoms with Crippen LogP contribution in [-0.4, -0.2) is 40.2 Å². The molecule has 0 spiro atoms. The van der Waals surface area contributed by atoms with Gasteiger partial charge in [0.2, 0.25) is 5.91 Å². The fourth-order valence-corrected chi connectivity index (χ4v) is 3.73. The molecule has 1 N–H and O–H groups in total. The highest BCUT2D eigenvalue weighted by Crippen LogP contribution is 2.29. The molecule has 4 nitrogen and oxygen atoms in total. The van der Waals surface area contributed by atoms with Crippen LogP contribution in [0.5, 0.6) is 0 Å². The van der Waals surface area contributed by atoms with Gasteiger partial charge in [-0.3, -0.25) is 9.59 Å². The van der Waals surface area contributed by atoms with E-state index in [1.54, 1.807) is 11.0 Å². The molecule has 0 aliphatic carbocycles. The Labute approximate surface area is 133 Å². The van der Waals surface area contributed by atoms with Crippen LogP contribution >= 0.6 is 23.4 Å². The quantitative estimate of drug-likeness (QED) is 0.863. The zero-order valence-corrected chi connectivity index (χ0v) is 13.4. The first kappa shape index (κ1) is 16.2. The number of nitrogens with zero attached hydrogens (tertiary/aromatic N) is 1. The average Bonchev–Trinajstić information content (AvgIpc) is 2.46. The Kier molecular flexibility index (Phi) is 5.53. The zero-order valence-electron chi connectivity index (χ0n) is 11.8. The number of piperidine rings is 1. The Balaban J connectivity index is 1.97. The SMILES string of the molecule is C[C@@H]1[C@H](C(=O)O)CCCN1C(=O)CSc1ccccc1Cl. The number of carboxylic acid groups (broad SMARTS) is 1. The van der Waals surface area contributed by atoms with Gasteiger partial charge in [-0.15, -0.1) is 11.8 Å². The topological polar surface area (TPSA) is 57.6 Å². The molecule has 0 bridgehead atoms. The molecule has 1 fully saturated rings. The third kappa shape index (κ3) is 3.92. The predicted octanol–water partition coefficient (Wildman–Crippen LogP) is 3.14. The van der Waals surface area contributed by atoms with Gasteiger partial charge >= 0.3 is 5.97 Å². The summed E-state index contributed by atoms with van der Waals surface area (Å²) in [5, 5.41) is 9.82. The van der Waals surface area contributed by atoms with Crippen molar-refractivity contribution in [1.29, 1.82) is 0 Å². The normalized spacial score (nSPS) is 22.1. The van der Waals surface area contributed by atoms with E-state index in [0.717, 1.165) is 11.3 Å². The van der Waals surface area contributed by atoms with E-state index in [0.29, 0.717) is 18.0 Å². The second kappa shape index (κ2) is 7.18. The summed E-state index contributed by atoms with van der Waals surface area (Å²) in [4.78, 5) is 26.1. The van der Waals surface area contributed by atoms with Crippen molar-refractivity contribution in [2.45, 2.75) is 30.7 Å². The zero-order chi connectivity index (χ0) is 15.4. The molecule has 6 heteroatoms. The van der Waals surface area contributed by atoms with Gasteiger partial charge in [0.05, 0.1) is 16.7 Å². The minimum absolute atomic E-state index is 0.0293. The van der Waals surface area contributed by atoms with Crippen LogP contribution in [-0.2, 0) is 9.59 Å². The van der Waals surface area contributed by atoms with Crippen LogP contribution in [0.2, 0.25) is 5.02 Å². The largest absolute Gasteiger partial charge is 0.481 e. The predicted molar refractivity (Wildman–Crippen MR) is 83.7 cm³/mol. The molecule has 1 amide bonds. The van der Waals surface area contributed by atoms with E-state index in [2.05, 4.69) is 0 Å². The fourth-order valence-electron chi connectivity index (χ4n) is 2.61. The minimum Gasteiger partial charge on any atom is -0.481 e. The highest BCUT2D eigenvalue weighted by molar-refractivity contribution is 8.00. The van der Waals surface area contributed by atoms with Gasteiger partial charge in [0.1, 0.15) is 0 Å². The number of likely N-dealkylation sites (tertiary alicyclic amines) is 1. The van der Waals surface area contributed by atoms with E-state index in [1.165, 1.54) is 11.8 Å². The average molecular weight is 328 g/mol. The van der Waals surface area contributed by atoms with Crippen LogP contribution in [0.15, 0.2) is 29.2 Å². The molecule has 2 rings (SSSR count). The lowest BCUT2D eigenvalue weighted by Crippen LogP contribution is -2.49. The van der Waals surface area contributed by atoms with Crippen LogP contribution in [0, 0.1) is 5.92 Å². The molecule has 114 valence electrons. The van der Waals surface area contributed by atoms with Gasteiger partial charge in [0.15, 0.2) is 0 Å². The summed E-state index contributed by atoms with van der Waals surface area (Å²) in [6.45, 7) is 2.45. The van der Waals surface area contributed by atoms with Gasteiger partial charge in [-0.1, -0.05) is 23.7 Å². The molecule has 0 radical (unpaired) electrons. The standard InChI is InChI=1S/C15H18ClNO3S/c1-10-11(15(19)20)5-4-8-17(10)14(18)9-21-13-7-3-2-6-12(13)16/h2-3,6-7,10-11H,4-5,8-9H2,1H3,(H,19,20)/t10-,11-/m1/s1. The number of thioether (sulfide) groups is 1. The molecular weight excluding hydrogens is 310 g/mol. The van der Waals surface area contributed by atoms with Crippen molar-refractivity contribution in [3.63, 3.8) is 0 Å². The van der Waals surface area contributed by atoms with Crippen molar-refractivity contribution in [1.82, 2.24) is 4.90 Å². The van der Waals surface area contributed by atoms with E-state index < -0.39 is 11.9 Å². The van der Waals surface area contributed by atoms with E-state index in [-0.39, 0.29) is 17.7 Å². The summed E-state index contributed by atoms with van der Waals surface area (Å²) < 4.78 is 0. The Morgan fingerprint density at radius 3 is 2.81 bits per heavy atom. The molecule has 0 unspecified atom stereocenters. The Hall–Kier alpha value is -1.20. The molecule has 21 heavy (non-hydrogen) atoms. The number of hydrogen-bond acceptors (Lipinski definition) is 3. The molecule has 0 aromatic heterocycles. The van der Waals surface area contributed by atoms with Crippen LogP contribution in [0.3, 0.4) is 0 Å². The number of amides is 1. The Morgan fingerprint density at radius 2 is 2.14 bits per heavy atom. The highest BCUT2D eigenvalue weighted by atomic mass is 35.5. The molecule has 2 atom stereocenters. The van der Waals surface area contributed by atoms with E-state index in [1.807, 2.05) is 25.1 Å². The first-order valence-electron chi connectivity index (χ1n) is 6.90. The second-order valence-corrected chi connectivity index (χ2v) is 6.56. The number of rotatable bonds is 4. The summed E-state index contributed by atoms with van der Waals surface area (Å²) in [5.41, 5.74) is 0. The lowest BCUT2D eigenvalue weighted by atomic mass is 9.90.